The highest BCUT2D eigenvalue weighted by Gasteiger charge is 2.09. The van der Waals surface area contributed by atoms with E-state index < -0.39 is 0 Å². The molecule has 2 aromatic rings. The number of hydrogen-bond donors (Lipinski definition) is 2. The highest BCUT2D eigenvalue weighted by atomic mass is 35.5. The van der Waals surface area contributed by atoms with E-state index in [2.05, 4.69) is 15.0 Å². The van der Waals surface area contributed by atoms with Gasteiger partial charge in [-0.2, -0.15) is 0 Å². The number of nitrogen functional groups attached to an aromatic ring is 1. The highest BCUT2D eigenvalue weighted by molar-refractivity contribution is 6.34. The van der Waals surface area contributed by atoms with Crippen LogP contribution >= 0.6 is 11.6 Å². The van der Waals surface area contributed by atoms with Gasteiger partial charge in [-0.25, -0.2) is 9.97 Å². The van der Waals surface area contributed by atoms with Crippen molar-refractivity contribution in [2.24, 2.45) is 0 Å². The predicted molar refractivity (Wildman–Crippen MR) is 49.9 cm³/mol. The van der Waals surface area contributed by atoms with Crippen LogP contribution in [0.5, 0.6) is 5.88 Å². The van der Waals surface area contributed by atoms with E-state index in [0.29, 0.717) is 16.2 Å². The molecule has 5 nitrogen and oxygen atoms in total. The number of aromatic amines is 1. The summed E-state index contributed by atoms with van der Waals surface area (Å²) in [5.41, 5.74) is 6.67. The Labute approximate surface area is 78.9 Å². The fraction of sp³-hybridized carbons (Fsp3) is 0.143. The lowest BCUT2D eigenvalue weighted by Crippen LogP contribution is -1.98. The van der Waals surface area contributed by atoms with E-state index in [0.717, 1.165) is 0 Å². The van der Waals surface area contributed by atoms with Gasteiger partial charge in [0.2, 0.25) is 0 Å². The fourth-order valence-corrected chi connectivity index (χ4v) is 1.24. The molecule has 0 amide bonds. The van der Waals surface area contributed by atoms with E-state index in [4.69, 9.17) is 22.1 Å². The van der Waals surface area contributed by atoms with Gasteiger partial charge in [0.25, 0.3) is 5.88 Å². The van der Waals surface area contributed by atoms with Gasteiger partial charge >= 0.3 is 0 Å². The van der Waals surface area contributed by atoms with Gasteiger partial charge in [-0.3, -0.25) is 0 Å². The maximum Gasteiger partial charge on any atom is 0.257 e. The minimum absolute atomic E-state index is 0.244. The molecule has 0 spiro atoms. The Morgan fingerprint density at radius 1 is 1.54 bits per heavy atom. The number of nitrogens with two attached hydrogens (primary N) is 1. The summed E-state index contributed by atoms with van der Waals surface area (Å²) in [6, 6.07) is 0. The molecule has 0 aliphatic rings. The van der Waals surface area contributed by atoms with Crippen LogP contribution in [0.4, 0.5) is 5.82 Å². The van der Waals surface area contributed by atoms with Crippen molar-refractivity contribution in [2.75, 3.05) is 12.8 Å². The molecule has 0 aliphatic heterocycles. The molecule has 0 atom stereocenters. The molecule has 3 N–H and O–H groups in total. The van der Waals surface area contributed by atoms with Crippen molar-refractivity contribution in [3.8, 4) is 5.88 Å². The van der Waals surface area contributed by atoms with Crippen molar-refractivity contribution in [1.29, 1.82) is 0 Å². The van der Waals surface area contributed by atoms with Crippen LogP contribution in [0.1, 0.15) is 0 Å². The average Bonchev–Trinajstić information content (AvgIpc) is 2.46. The number of halogens is 1. The first kappa shape index (κ1) is 8.12. The number of methoxy groups -OCH3 is 1. The van der Waals surface area contributed by atoms with E-state index in [1.807, 2.05) is 0 Å². The number of ether oxygens (including phenoxy) is 1. The molecule has 2 heterocycles. The van der Waals surface area contributed by atoms with Crippen molar-refractivity contribution in [3.63, 3.8) is 0 Å². The Kier molecular flexibility index (Phi) is 1.73. The van der Waals surface area contributed by atoms with Crippen LogP contribution in [0, 0.1) is 0 Å². The maximum atomic E-state index is 5.82. The summed E-state index contributed by atoms with van der Waals surface area (Å²) in [4.78, 5) is 10.9. The molecule has 2 rings (SSSR count). The summed E-state index contributed by atoms with van der Waals surface area (Å²) in [6.07, 6.45) is 1.60. The van der Waals surface area contributed by atoms with Crippen molar-refractivity contribution < 1.29 is 4.74 Å². The second-order valence-corrected chi connectivity index (χ2v) is 2.86. The van der Waals surface area contributed by atoms with Crippen LogP contribution in [0.2, 0.25) is 5.02 Å². The number of hydrogen-bond acceptors (Lipinski definition) is 4. The van der Waals surface area contributed by atoms with E-state index in [1.54, 1.807) is 6.20 Å². The van der Waals surface area contributed by atoms with Crippen molar-refractivity contribution in [1.82, 2.24) is 15.0 Å². The largest absolute Gasteiger partial charge is 0.478 e. The molecule has 6 heteroatoms. The zero-order chi connectivity index (χ0) is 9.42. The average molecular weight is 199 g/mol. The third-order valence-corrected chi connectivity index (χ3v) is 1.93. The molecule has 0 radical (unpaired) electrons. The van der Waals surface area contributed by atoms with Crippen LogP contribution in [0.3, 0.4) is 0 Å². The molecule has 0 bridgehead atoms. The Bertz CT molecular complexity index is 453. The van der Waals surface area contributed by atoms with Gasteiger partial charge in [0.05, 0.1) is 12.1 Å². The lowest BCUT2D eigenvalue weighted by molar-refractivity contribution is 0.400. The molecular weight excluding hydrogens is 192 g/mol. The zero-order valence-corrected chi connectivity index (χ0v) is 7.59. The van der Waals surface area contributed by atoms with E-state index in [9.17, 15) is 0 Å². The summed E-state index contributed by atoms with van der Waals surface area (Å²) >= 11 is 5.82. The van der Waals surface area contributed by atoms with Gasteiger partial charge in [-0.05, 0) is 0 Å². The number of H-pyrrole nitrogens is 1. The second-order valence-electron chi connectivity index (χ2n) is 2.45. The topological polar surface area (TPSA) is 76.8 Å². The molecule has 0 unspecified atom stereocenters. The predicted octanol–water partition coefficient (Wildman–Crippen LogP) is 1.20. The van der Waals surface area contributed by atoms with Gasteiger partial charge in [0.1, 0.15) is 5.52 Å². The second kappa shape index (κ2) is 2.77. The standard InChI is InChI=1S/C7H7ClN4O/c1-13-7-5(9)12-6-4(11-7)3(8)2-10-6/h2H,1H3,(H3,9,10,12). The Balaban J connectivity index is 2.77. The molecule has 2 aromatic heterocycles. The van der Waals surface area contributed by atoms with Crippen molar-refractivity contribution >= 4 is 28.6 Å². The molecule has 0 fully saturated rings. The third kappa shape index (κ3) is 1.17. The molecule has 0 saturated carbocycles. The molecule has 13 heavy (non-hydrogen) atoms. The summed E-state index contributed by atoms with van der Waals surface area (Å²) in [5.74, 6) is 0.530. The van der Waals surface area contributed by atoms with E-state index >= 15 is 0 Å². The normalized spacial score (nSPS) is 10.6. The molecule has 68 valence electrons. The number of aromatic nitrogens is 3. The van der Waals surface area contributed by atoms with Gasteiger partial charge in [0, 0.05) is 6.20 Å². The molecular formula is C7H7ClN4O. The number of nitrogens with one attached hydrogen (secondary N) is 1. The molecule has 0 aliphatic carbocycles. The third-order valence-electron chi connectivity index (χ3n) is 1.64. The molecule has 0 aromatic carbocycles. The smallest absolute Gasteiger partial charge is 0.257 e. The van der Waals surface area contributed by atoms with Gasteiger partial charge in [-0.1, -0.05) is 11.6 Å². The van der Waals surface area contributed by atoms with Gasteiger partial charge in [0.15, 0.2) is 11.5 Å². The fourth-order valence-electron chi connectivity index (χ4n) is 1.05. The summed E-state index contributed by atoms with van der Waals surface area (Å²) < 4.78 is 4.91. The summed E-state index contributed by atoms with van der Waals surface area (Å²) in [6.45, 7) is 0. The first-order chi connectivity index (χ1) is 6.22. The lowest BCUT2D eigenvalue weighted by atomic mass is 10.5. The lowest BCUT2D eigenvalue weighted by Gasteiger charge is -2.01. The van der Waals surface area contributed by atoms with E-state index in [-0.39, 0.29) is 11.7 Å². The summed E-state index contributed by atoms with van der Waals surface area (Å²) in [5, 5.41) is 0.501. The van der Waals surface area contributed by atoms with Crippen LogP contribution in [0.15, 0.2) is 6.20 Å². The number of rotatable bonds is 1. The Morgan fingerprint density at radius 2 is 2.31 bits per heavy atom. The maximum absolute atomic E-state index is 5.82. The van der Waals surface area contributed by atoms with Crippen LogP contribution in [0.25, 0.3) is 11.2 Å². The number of nitrogens with zero attached hydrogens (tertiary/aromatic N) is 2. The highest BCUT2D eigenvalue weighted by Crippen LogP contribution is 2.24. The molecule has 0 saturated heterocycles. The van der Waals surface area contributed by atoms with Gasteiger partial charge < -0.3 is 15.5 Å². The zero-order valence-electron chi connectivity index (χ0n) is 6.84. The quantitative estimate of drug-likeness (QED) is 0.722. The van der Waals surface area contributed by atoms with Crippen LogP contribution in [-0.2, 0) is 0 Å². The Hall–Kier alpha value is -1.49. The number of fused-ring (bicyclic) bond motifs is 1. The van der Waals surface area contributed by atoms with Crippen molar-refractivity contribution in [2.45, 2.75) is 0 Å². The number of anilines is 1. The SMILES string of the molecule is COc1nc2c(Cl)c[nH]c2nc1N. The first-order valence-corrected chi connectivity index (χ1v) is 3.94. The first-order valence-electron chi connectivity index (χ1n) is 3.56. The summed E-state index contributed by atoms with van der Waals surface area (Å²) in [7, 11) is 1.48. The van der Waals surface area contributed by atoms with E-state index in [1.165, 1.54) is 7.11 Å². The van der Waals surface area contributed by atoms with Crippen LogP contribution in [-0.4, -0.2) is 22.1 Å². The van der Waals surface area contributed by atoms with Crippen molar-refractivity contribution in [3.05, 3.63) is 11.2 Å². The monoisotopic (exact) mass is 198 g/mol. The Morgan fingerprint density at radius 3 is 3.00 bits per heavy atom. The minimum atomic E-state index is 0.244. The minimum Gasteiger partial charge on any atom is -0.478 e. The van der Waals surface area contributed by atoms with Gasteiger partial charge in [-0.15, -0.1) is 0 Å². The van der Waals surface area contributed by atoms with Crippen LogP contribution < -0.4 is 10.5 Å².